The molecule has 0 saturated carbocycles. The average Bonchev–Trinajstić information content (AvgIpc) is 2.43. The quantitative estimate of drug-likeness (QED) is 0.395. The van der Waals surface area contributed by atoms with Gasteiger partial charge in [0.15, 0.2) is 5.16 Å². The molecule has 0 aliphatic rings. The van der Waals surface area contributed by atoms with Crippen LogP contribution < -0.4 is 5.32 Å². The molecule has 1 aromatic heterocycles. The van der Waals surface area contributed by atoms with Gasteiger partial charge in [-0.2, -0.15) is 0 Å². The molecule has 0 saturated heterocycles. The predicted molar refractivity (Wildman–Crippen MR) is 83.7 cm³/mol. The zero-order chi connectivity index (χ0) is 15.4. The van der Waals surface area contributed by atoms with Gasteiger partial charge in [-0.25, -0.2) is 9.97 Å². The van der Waals surface area contributed by atoms with Crippen molar-refractivity contribution in [3.8, 4) is 0 Å². The molecule has 1 aromatic carbocycles. The number of para-hydroxylation sites is 1. The molecule has 7 heteroatoms. The summed E-state index contributed by atoms with van der Waals surface area (Å²) in [5, 5.41) is 14.6. The second kappa shape index (κ2) is 6.53. The number of nitro groups is 1. The minimum Gasteiger partial charge on any atom is -0.382 e. The lowest BCUT2D eigenvalue weighted by Gasteiger charge is -2.09. The maximum atomic E-state index is 11.0. The molecule has 1 N–H and O–H groups in total. The summed E-state index contributed by atoms with van der Waals surface area (Å²) < 4.78 is 0. The number of nitrogens with one attached hydrogen (secondary N) is 1. The zero-order valence-electron chi connectivity index (χ0n) is 12.1. The first-order chi connectivity index (χ1) is 10.0. The molecule has 0 spiro atoms. The second-order valence-electron chi connectivity index (χ2n) is 4.54. The molecule has 0 amide bonds. The number of nitrogens with zero attached hydrogens (tertiary/aromatic N) is 3. The summed E-state index contributed by atoms with van der Waals surface area (Å²) >= 11 is 1.47. The summed E-state index contributed by atoms with van der Waals surface area (Å²) in [7, 11) is 1.68. The molecule has 0 aliphatic heterocycles. The summed E-state index contributed by atoms with van der Waals surface area (Å²) in [6.07, 6.45) is 0. The highest BCUT2D eigenvalue weighted by Gasteiger charge is 2.16. The Balaban J connectivity index is 2.23. The lowest BCUT2D eigenvalue weighted by Crippen LogP contribution is -2.00. The van der Waals surface area contributed by atoms with Gasteiger partial charge in [-0.1, -0.05) is 23.9 Å². The Morgan fingerprint density at radius 3 is 2.52 bits per heavy atom. The molecule has 0 atom stereocenters. The van der Waals surface area contributed by atoms with Crippen LogP contribution >= 0.6 is 11.8 Å². The first kappa shape index (κ1) is 15.2. The minimum atomic E-state index is -0.382. The Labute approximate surface area is 127 Å². The third-order valence-corrected chi connectivity index (χ3v) is 3.79. The maximum absolute atomic E-state index is 11.0. The molecule has 2 rings (SSSR count). The minimum absolute atomic E-state index is 0.0805. The fraction of sp³-hybridized carbons (Fsp3) is 0.286. The summed E-state index contributed by atoms with van der Waals surface area (Å²) in [6.45, 7) is 3.84. The van der Waals surface area contributed by atoms with E-state index in [2.05, 4.69) is 15.3 Å². The number of benzene rings is 1. The van der Waals surface area contributed by atoms with Crippen molar-refractivity contribution in [2.45, 2.75) is 24.8 Å². The van der Waals surface area contributed by atoms with Crippen LogP contribution in [0.2, 0.25) is 0 Å². The van der Waals surface area contributed by atoms with E-state index in [0.717, 1.165) is 17.0 Å². The van der Waals surface area contributed by atoms with Crippen molar-refractivity contribution in [3.63, 3.8) is 0 Å². The molecule has 21 heavy (non-hydrogen) atoms. The molecule has 0 bridgehead atoms. The fourth-order valence-corrected chi connectivity index (χ4v) is 2.99. The molecule has 1 heterocycles. The lowest BCUT2D eigenvalue weighted by molar-refractivity contribution is -0.384. The van der Waals surface area contributed by atoms with Crippen molar-refractivity contribution >= 4 is 23.1 Å². The van der Waals surface area contributed by atoms with Crippen LogP contribution in [0.3, 0.4) is 0 Å². The first-order valence-corrected chi connectivity index (χ1v) is 7.39. The Morgan fingerprint density at radius 1 is 1.29 bits per heavy atom. The molecule has 110 valence electrons. The van der Waals surface area contributed by atoms with Gasteiger partial charge < -0.3 is 5.32 Å². The lowest BCUT2D eigenvalue weighted by atomic mass is 10.1. The summed E-state index contributed by atoms with van der Waals surface area (Å²) in [5.41, 5.74) is 3.31. The zero-order valence-corrected chi connectivity index (χ0v) is 12.9. The fourth-order valence-electron chi connectivity index (χ4n) is 2.05. The number of nitro benzene ring substituents is 1. The summed E-state index contributed by atoms with van der Waals surface area (Å²) in [5.74, 6) is 0.570. The van der Waals surface area contributed by atoms with E-state index >= 15 is 0 Å². The molecule has 0 unspecified atom stereocenters. The van der Waals surface area contributed by atoms with E-state index < -0.39 is 0 Å². The van der Waals surface area contributed by atoms with Gasteiger partial charge in [0, 0.05) is 30.3 Å². The average molecular weight is 304 g/mol. The highest BCUT2D eigenvalue weighted by Crippen LogP contribution is 2.31. The van der Waals surface area contributed by atoms with Crippen LogP contribution in [0.15, 0.2) is 29.4 Å². The van der Waals surface area contributed by atoms with Crippen molar-refractivity contribution in [1.82, 2.24) is 9.97 Å². The van der Waals surface area contributed by atoms with Crippen molar-refractivity contribution < 1.29 is 4.92 Å². The Morgan fingerprint density at radius 2 is 1.95 bits per heavy atom. The smallest absolute Gasteiger partial charge is 0.292 e. The number of thioether (sulfide) groups is 1. The monoisotopic (exact) mass is 304 g/mol. The van der Waals surface area contributed by atoms with Gasteiger partial charge in [0.1, 0.15) is 5.69 Å². The van der Waals surface area contributed by atoms with Gasteiger partial charge >= 0.3 is 0 Å². The first-order valence-electron chi connectivity index (χ1n) is 6.40. The number of rotatable bonds is 5. The van der Waals surface area contributed by atoms with Gasteiger partial charge in [0.2, 0.25) is 0 Å². The van der Waals surface area contributed by atoms with Crippen LogP contribution in [-0.2, 0) is 5.75 Å². The molecule has 0 aliphatic carbocycles. The normalized spacial score (nSPS) is 10.4. The van der Waals surface area contributed by atoms with Gasteiger partial charge in [0.05, 0.1) is 4.92 Å². The highest BCUT2D eigenvalue weighted by atomic mass is 32.2. The largest absolute Gasteiger partial charge is 0.382 e. The van der Waals surface area contributed by atoms with Crippen molar-refractivity contribution in [1.29, 1.82) is 0 Å². The van der Waals surface area contributed by atoms with E-state index in [-0.39, 0.29) is 10.6 Å². The molecule has 0 fully saturated rings. The van der Waals surface area contributed by atoms with Crippen LogP contribution in [0.5, 0.6) is 0 Å². The molecule has 2 aromatic rings. The third-order valence-electron chi connectivity index (χ3n) is 2.89. The summed E-state index contributed by atoms with van der Waals surface area (Å²) in [4.78, 5) is 19.4. The molecule has 6 nitrogen and oxygen atoms in total. The van der Waals surface area contributed by atoms with E-state index in [0.29, 0.717) is 16.6 Å². The Bertz CT molecular complexity index is 656. The Kier molecular flexibility index (Phi) is 4.74. The van der Waals surface area contributed by atoms with E-state index in [1.807, 2.05) is 26.0 Å². The van der Waals surface area contributed by atoms with Crippen LogP contribution in [0.1, 0.15) is 17.0 Å². The topological polar surface area (TPSA) is 81.0 Å². The second-order valence-corrected chi connectivity index (χ2v) is 5.48. The highest BCUT2D eigenvalue weighted by molar-refractivity contribution is 7.98. The van der Waals surface area contributed by atoms with Crippen LogP contribution in [0, 0.1) is 24.0 Å². The van der Waals surface area contributed by atoms with E-state index in [4.69, 9.17) is 0 Å². The van der Waals surface area contributed by atoms with Gasteiger partial charge in [-0.05, 0) is 25.5 Å². The third kappa shape index (κ3) is 3.69. The predicted octanol–water partition coefficient (Wildman–Crippen LogP) is 3.34. The van der Waals surface area contributed by atoms with Crippen LogP contribution in [0.25, 0.3) is 0 Å². The SMILES string of the molecule is CNc1c(CSc2nc(C)cc(C)n2)cccc1[N+](=O)[O-]. The van der Waals surface area contributed by atoms with Crippen molar-refractivity contribution in [3.05, 3.63) is 51.3 Å². The summed E-state index contributed by atoms with van der Waals surface area (Å²) in [6, 6.07) is 6.97. The molecular weight excluding hydrogens is 288 g/mol. The van der Waals surface area contributed by atoms with E-state index in [1.54, 1.807) is 13.1 Å². The van der Waals surface area contributed by atoms with Crippen molar-refractivity contribution in [2.24, 2.45) is 0 Å². The Hall–Kier alpha value is -2.15. The van der Waals surface area contributed by atoms with E-state index in [1.165, 1.54) is 17.8 Å². The van der Waals surface area contributed by atoms with Gasteiger partial charge in [0.25, 0.3) is 5.69 Å². The number of aryl methyl sites for hydroxylation is 2. The van der Waals surface area contributed by atoms with Crippen LogP contribution in [0.4, 0.5) is 11.4 Å². The number of aromatic nitrogens is 2. The number of hydrogen-bond donors (Lipinski definition) is 1. The van der Waals surface area contributed by atoms with Crippen molar-refractivity contribution in [2.75, 3.05) is 12.4 Å². The maximum Gasteiger partial charge on any atom is 0.292 e. The van der Waals surface area contributed by atoms with Crippen LogP contribution in [-0.4, -0.2) is 21.9 Å². The van der Waals surface area contributed by atoms with Gasteiger partial charge in [-0.15, -0.1) is 0 Å². The standard InChI is InChI=1S/C14H16N4O2S/c1-9-7-10(2)17-14(16-9)21-8-11-5-4-6-12(18(19)20)13(11)15-3/h4-7,15H,8H2,1-3H3. The number of anilines is 1. The molecular formula is C14H16N4O2S. The number of hydrogen-bond acceptors (Lipinski definition) is 6. The molecule has 0 radical (unpaired) electrons. The van der Waals surface area contributed by atoms with Gasteiger partial charge in [-0.3, -0.25) is 10.1 Å². The van der Waals surface area contributed by atoms with E-state index in [9.17, 15) is 10.1 Å².